The van der Waals surface area contributed by atoms with E-state index in [1.807, 2.05) is 29.2 Å². The van der Waals surface area contributed by atoms with Crippen LogP contribution in [0.4, 0.5) is 5.82 Å². The SMILES string of the molecule is COc1ccc2cc3c(nc2c1)N1CCN=C1C(C(=O)c1ccc(Cl)cc1)=C3. The van der Waals surface area contributed by atoms with Crippen molar-refractivity contribution in [2.24, 2.45) is 4.99 Å². The number of aromatic nitrogens is 1. The molecule has 6 heteroatoms. The first-order valence-electron chi connectivity index (χ1n) is 8.97. The number of pyridine rings is 1. The number of carbonyl (C=O) groups excluding carboxylic acids is 1. The van der Waals surface area contributed by atoms with Gasteiger partial charge in [0.25, 0.3) is 0 Å². The van der Waals surface area contributed by atoms with Crippen LogP contribution in [0.15, 0.2) is 59.1 Å². The van der Waals surface area contributed by atoms with Crippen molar-refractivity contribution in [3.63, 3.8) is 0 Å². The molecular formula is C22H16ClN3O2. The van der Waals surface area contributed by atoms with Crippen LogP contribution in [0.2, 0.25) is 5.02 Å². The molecule has 0 unspecified atom stereocenters. The number of benzene rings is 2. The highest BCUT2D eigenvalue weighted by Crippen LogP contribution is 2.35. The molecule has 138 valence electrons. The van der Waals surface area contributed by atoms with Crippen LogP contribution in [-0.2, 0) is 0 Å². The van der Waals surface area contributed by atoms with E-state index in [0.717, 1.165) is 28.0 Å². The number of carbonyl (C=O) groups is 1. The van der Waals surface area contributed by atoms with Gasteiger partial charge < -0.3 is 9.64 Å². The molecule has 28 heavy (non-hydrogen) atoms. The normalized spacial score (nSPS) is 15.0. The molecule has 2 aliphatic rings. The van der Waals surface area contributed by atoms with Crippen molar-refractivity contribution in [1.29, 1.82) is 0 Å². The number of hydrogen-bond acceptors (Lipinski definition) is 5. The molecular weight excluding hydrogens is 374 g/mol. The van der Waals surface area contributed by atoms with E-state index in [0.29, 0.717) is 35.1 Å². The lowest BCUT2D eigenvalue weighted by Gasteiger charge is -2.27. The smallest absolute Gasteiger partial charge is 0.196 e. The van der Waals surface area contributed by atoms with E-state index in [9.17, 15) is 4.79 Å². The van der Waals surface area contributed by atoms with Gasteiger partial charge in [0.2, 0.25) is 0 Å². The van der Waals surface area contributed by atoms with E-state index < -0.39 is 0 Å². The van der Waals surface area contributed by atoms with Gasteiger partial charge in [0.05, 0.1) is 24.7 Å². The van der Waals surface area contributed by atoms with Crippen LogP contribution in [0.3, 0.4) is 0 Å². The van der Waals surface area contributed by atoms with E-state index in [4.69, 9.17) is 21.3 Å². The lowest BCUT2D eigenvalue weighted by molar-refractivity contribution is 0.104. The molecule has 0 radical (unpaired) electrons. The van der Waals surface area contributed by atoms with Crippen molar-refractivity contribution in [2.45, 2.75) is 0 Å². The summed E-state index contributed by atoms with van der Waals surface area (Å²) in [5.41, 5.74) is 2.94. The van der Waals surface area contributed by atoms with Gasteiger partial charge in [0.1, 0.15) is 17.4 Å². The minimum atomic E-state index is -0.0669. The number of hydrogen-bond donors (Lipinski definition) is 0. The van der Waals surface area contributed by atoms with E-state index in [2.05, 4.69) is 11.1 Å². The number of aliphatic imine (C=N–C) groups is 1. The number of methoxy groups -OCH3 is 1. The summed E-state index contributed by atoms with van der Waals surface area (Å²) < 4.78 is 5.32. The molecule has 0 saturated heterocycles. The van der Waals surface area contributed by atoms with Crippen molar-refractivity contribution in [2.75, 3.05) is 25.1 Å². The van der Waals surface area contributed by atoms with Gasteiger partial charge in [-0.15, -0.1) is 0 Å². The molecule has 1 aromatic heterocycles. The molecule has 0 aliphatic carbocycles. The Balaban J connectivity index is 1.66. The average molecular weight is 390 g/mol. The molecule has 2 aromatic carbocycles. The summed E-state index contributed by atoms with van der Waals surface area (Å²) >= 11 is 5.96. The molecule has 5 rings (SSSR count). The van der Waals surface area contributed by atoms with Gasteiger partial charge in [-0.3, -0.25) is 9.79 Å². The fourth-order valence-electron chi connectivity index (χ4n) is 3.63. The van der Waals surface area contributed by atoms with Crippen LogP contribution in [0.5, 0.6) is 5.75 Å². The third kappa shape index (κ3) is 2.67. The minimum absolute atomic E-state index is 0.0669. The van der Waals surface area contributed by atoms with Gasteiger partial charge in [-0.05, 0) is 48.5 Å². The molecule has 0 spiro atoms. The molecule has 0 saturated carbocycles. The number of nitrogens with zero attached hydrogens (tertiary/aromatic N) is 3. The summed E-state index contributed by atoms with van der Waals surface area (Å²) in [6, 6.07) is 14.8. The Bertz CT molecular complexity index is 1180. The molecule has 0 amide bonds. The van der Waals surface area contributed by atoms with Crippen molar-refractivity contribution in [3.8, 4) is 5.75 Å². The summed E-state index contributed by atoms with van der Waals surface area (Å²) in [5.74, 6) is 2.20. The lowest BCUT2D eigenvalue weighted by Crippen LogP contribution is -2.35. The van der Waals surface area contributed by atoms with Crippen molar-refractivity contribution < 1.29 is 9.53 Å². The van der Waals surface area contributed by atoms with Crippen LogP contribution in [-0.4, -0.2) is 36.8 Å². The van der Waals surface area contributed by atoms with Gasteiger partial charge >= 0.3 is 0 Å². The second kappa shape index (κ2) is 6.46. The maximum Gasteiger partial charge on any atom is 0.196 e. The van der Waals surface area contributed by atoms with E-state index in [-0.39, 0.29) is 5.78 Å². The first-order chi connectivity index (χ1) is 13.6. The molecule has 0 bridgehead atoms. The van der Waals surface area contributed by atoms with E-state index >= 15 is 0 Å². The Morgan fingerprint density at radius 3 is 2.75 bits per heavy atom. The predicted molar refractivity (Wildman–Crippen MR) is 112 cm³/mol. The molecule has 0 fully saturated rings. The molecule has 3 aromatic rings. The van der Waals surface area contributed by atoms with Crippen molar-refractivity contribution in [1.82, 2.24) is 4.98 Å². The summed E-state index contributed by atoms with van der Waals surface area (Å²) in [4.78, 5) is 24.6. The van der Waals surface area contributed by atoms with Crippen LogP contribution < -0.4 is 9.64 Å². The topological polar surface area (TPSA) is 54.8 Å². The number of amidine groups is 1. The maximum atomic E-state index is 13.2. The molecule has 3 heterocycles. The Hall–Kier alpha value is -3.18. The highest BCUT2D eigenvalue weighted by molar-refractivity contribution is 6.36. The standard InChI is InChI=1S/C22H16ClN3O2/c1-28-17-7-4-14-10-15-11-18(20(27)13-2-5-16(23)6-3-13)22-24-8-9-26(22)21(15)25-19(14)12-17/h2-7,10-12H,8-9H2,1H3. The number of rotatable bonds is 3. The zero-order valence-corrected chi connectivity index (χ0v) is 15.9. The summed E-state index contributed by atoms with van der Waals surface area (Å²) in [7, 11) is 1.64. The molecule has 0 N–H and O–H groups in total. The average Bonchev–Trinajstić information content (AvgIpc) is 3.21. The Kier molecular flexibility index (Phi) is 3.91. The van der Waals surface area contributed by atoms with Gasteiger partial charge in [-0.25, -0.2) is 4.98 Å². The van der Waals surface area contributed by atoms with Gasteiger partial charge in [-0.2, -0.15) is 0 Å². The highest BCUT2D eigenvalue weighted by Gasteiger charge is 2.33. The van der Waals surface area contributed by atoms with Gasteiger partial charge in [0, 0.05) is 34.1 Å². The van der Waals surface area contributed by atoms with Crippen LogP contribution >= 0.6 is 11.6 Å². The number of ether oxygens (including phenoxy) is 1. The summed E-state index contributed by atoms with van der Waals surface area (Å²) in [6.45, 7) is 1.34. The fraction of sp³-hybridized carbons (Fsp3) is 0.136. The second-order valence-corrected chi connectivity index (χ2v) is 7.15. The Morgan fingerprint density at radius 2 is 1.96 bits per heavy atom. The van der Waals surface area contributed by atoms with Crippen LogP contribution in [0, 0.1) is 0 Å². The zero-order valence-electron chi connectivity index (χ0n) is 15.1. The molecule has 0 atom stereocenters. The number of fused-ring (bicyclic) bond motifs is 4. The number of Topliss-reactive ketones (excluding diaryl/α,β-unsaturated/α-hetero) is 1. The number of anilines is 1. The Morgan fingerprint density at radius 1 is 1.14 bits per heavy atom. The third-order valence-corrected chi connectivity index (χ3v) is 5.27. The molecule has 2 aliphatic heterocycles. The third-order valence-electron chi connectivity index (χ3n) is 5.02. The van der Waals surface area contributed by atoms with E-state index in [1.54, 1.807) is 31.4 Å². The fourth-order valence-corrected chi connectivity index (χ4v) is 3.76. The summed E-state index contributed by atoms with van der Waals surface area (Å²) in [5, 5.41) is 1.60. The zero-order chi connectivity index (χ0) is 19.3. The lowest BCUT2D eigenvalue weighted by atomic mass is 9.96. The predicted octanol–water partition coefficient (Wildman–Crippen LogP) is 4.40. The first-order valence-corrected chi connectivity index (χ1v) is 9.35. The van der Waals surface area contributed by atoms with E-state index in [1.165, 1.54) is 0 Å². The summed E-state index contributed by atoms with van der Waals surface area (Å²) in [6.07, 6.45) is 1.89. The van der Waals surface area contributed by atoms with Crippen molar-refractivity contribution in [3.05, 3.63) is 70.3 Å². The van der Waals surface area contributed by atoms with Crippen LogP contribution in [0.1, 0.15) is 15.9 Å². The number of ketones is 1. The number of halogens is 1. The highest BCUT2D eigenvalue weighted by atomic mass is 35.5. The minimum Gasteiger partial charge on any atom is -0.497 e. The molecule has 5 nitrogen and oxygen atoms in total. The Labute approximate surface area is 166 Å². The first kappa shape index (κ1) is 17.0. The quantitative estimate of drug-likeness (QED) is 0.623. The monoisotopic (exact) mass is 389 g/mol. The van der Waals surface area contributed by atoms with Crippen LogP contribution in [0.25, 0.3) is 17.0 Å². The maximum absolute atomic E-state index is 13.2. The largest absolute Gasteiger partial charge is 0.497 e. The van der Waals surface area contributed by atoms with Crippen molar-refractivity contribution >= 4 is 46.0 Å². The second-order valence-electron chi connectivity index (χ2n) is 6.71. The van der Waals surface area contributed by atoms with Gasteiger partial charge in [0.15, 0.2) is 5.78 Å². The van der Waals surface area contributed by atoms with Gasteiger partial charge in [-0.1, -0.05) is 11.6 Å².